The van der Waals surface area contributed by atoms with Crippen LogP contribution in [0.2, 0.25) is 0 Å². The predicted molar refractivity (Wildman–Crippen MR) is 103 cm³/mol. The van der Waals surface area contributed by atoms with E-state index in [9.17, 15) is 4.79 Å². The van der Waals surface area contributed by atoms with E-state index in [2.05, 4.69) is 39.6 Å². The SMILES string of the molecule is CCCC1C(C)[C@@H]2[C@@H](CC[C@]3(C)CCC[C@@H]23)[C@@]2(C)CCC(=O)N(C)C12. The Kier molecular flexibility index (Phi) is 4.28. The van der Waals surface area contributed by atoms with Crippen LogP contribution in [-0.2, 0) is 4.79 Å². The molecule has 1 amide bonds. The van der Waals surface area contributed by atoms with Crippen LogP contribution in [-0.4, -0.2) is 23.9 Å². The fourth-order valence-corrected chi connectivity index (χ4v) is 8.49. The molecule has 0 aromatic heterocycles. The van der Waals surface area contributed by atoms with Gasteiger partial charge in [0.15, 0.2) is 0 Å². The van der Waals surface area contributed by atoms with E-state index < -0.39 is 0 Å². The van der Waals surface area contributed by atoms with Crippen molar-refractivity contribution >= 4 is 5.91 Å². The van der Waals surface area contributed by atoms with Crippen molar-refractivity contribution in [2.45, 2.75) is 91.5 Å². The van der Waals surface area contributed by atoms with Crippen molar-refractivity contribution in [1.82, 2.24) is 4.90 Å². The van der Waals surface area contributed by atoms with Gasteiger partial charge in [-0.05, 0) is 78.9 Å². The van der Waals surface area contributed by atoms with Gasteiger partial charge in [-0.3, -0.25) is 4.79 Å². The number of carbonyl (C=O) groups excluding carboxylic acids is 1. The molecule has 0 bridgehead atoms. The first-order valence-electron chi connectivity index (χ1n) is 11.1. The second kappa shape index (κ2) is 5.99. The molecule has 0 N–H and O–H groups in total. The van der Waals surface area contributed by atoms with Gasteiger partial charge in [0.25, 0.3) is 0 Å². The molecule has 25 heavy (non-hydrogen) atoms. The summed E-state index contributed by atoms with van der Waals surface area (Å²) in [6.45, 7) is 10.1. The predicted octanol–water partition coefficient (Wildman–Crippen LogP) is 5.51. The van der Waals surface area contributed by atoms with Crippen molar-refractivity contribution in [3.63, 3.8) is 0 Å². The maximum absolute atomic E-state index is 12.6. The Balaban J connectivity index is 1.76. The summed E-state index contributed by atoms with van der Waals surface area (Å²) in [5.41, 5.74) is 0.968. The summed E-state index contributed by atoms with van der Waals surface area (Å²) in [7, 11) is 2.11. The van der Waals surface area contributed by atoms with Crippen LogP contribution in [0.5, 0.6) is 0 Å². The van der Waals surface area contributed by atoms with Gasteiger partial charge in [-0.2, -0.15) is 0 Å². The quantitative estimate of drug-likeness (QED) is 0.646. The lowest BCUT2D eigenvalue weighted by Gasteiger charge is -2.66. The zero-order chi connectivity index (χ0) is 18.0. The number of hydrogen-bond acceptors (Lipinski definition) is 1. The molecule has 0 aromatic rings. The first-order valence-corrected chi connectivity index (χ1v) is 11.1. The number of fused-ring (bicyclic) bond motifs is 5. The average Bonchev–Trinajstić information content (AvgIpc) is 2.97. The summed E-state index contributed by atoms with van der Waals surface area (Å²) in [6.07, 6.45) is 11.7. The Morgan fingerprint density at radius 2 is 1.88 bits per heavy atom. The van der Waals surface area contributed by atoms with Crippen LogP contribution < -0.4 is 0 Å². The van der Waals surface area contributed by atoms with Crippen molar-refractivity contribution < 1.29 is 4.79 Å². The number of nitrogens with zero attached hydrogens (tertiary/aromatic N) is 1. The van der Waals surface area contributed by atoms with E-state index in [0.717, 1.165) is 36.5 Å². The maximum Gasteiger partial charge on any atom is 0.222 e. The second-order valence-electron chi connectivity index (χ2n) is 10.6. The van der Waals surface area contributed by atoms with Crippen molar-refractivity contribution in [2.75, 3.05) is 7.05 Å². The lowest BCUT2D eigenvalue weighted by molar-refractivity contribution is -0.181. The van der Waals surface area contributed by atoms with E-state index in [1.54, 1.807) is 0 Å². The Morgan fingerprint density at radius 1 is 1.12 bits per heavy atom. The van der Waals surface area contributed by atoms with Gasteiger partial charge in [-0.15, -0.1) is 0 Å². The molecule has 3 saturated carbocycles. The van der Waals surface area contributed by atoms with E-state index in [1.165, 1.54) is 44.9 Å². The van der Waals surface area contributed by atoms with Gasteiger partial charge in [0, 0.05) is 19.5 Å². The number of piperidine rings is 1. The fraction of sp³-hybridized carbons (Fsp3) is 0.957. The number of rotatable bonds is 2. The summed E-state index contributed by atoms with van der Waals surface area (Å²) >= 11 is 0. The summed E-state index contributed by atoms with van der Waals surface area (Å²) in [6, 6.07) is 0.482. The molecule has 4 aliphatic rings. The zero-order valence-electron chi connectivity index (χ0n) is 17.2. The van der Waals surface area contributed by atoms with Gasteiger partial charge in [-0.1, -0.05) is 40.5 Å². The Bertz CT molecular complexity index is 544. The number of amides is 1. The molecule has 1 aliphatic heterocycles. The molecule has 4 fully saturated rings. The van der Waals surface area contributed by atoms with Crippen LogP contribution in [0.25, 0.3) is 0 Å². The van der Waals surface area contributed by atoms with Gasteiger partial charge < -0.3 is 4.90 Å². The largest absolute Gasteiger partial charge is 0.342 e. The van der Waals surface area contributed by atoms with Gasteiger partial charge in [-0.25, -0.2) is 0 Å². The molecule has 0 radical (unpaired) electrons. The lowest BCUT2D eigenvalue weighted by atomic mass is 9.43. The van der Waals surface area contributed by atoms with E-state index in [0.29, 0.717) is 28.7 Å². The highest BCUT2D eigenvalue weighted by Crippen LogP contribution is 2.67. The third kappa shape index (κ3) is 2.38. The van der Waals surface area contributed by atoms with Crippen molar-refractivity contribution in [2.24, 2.45) is 40.4 Å². The number of carbonyl (C=O) groups is 1. The highest BCUT2D eigenvalue weighted by Gasteiger charge is 2.63. The van der Waals surface area contributed by atoms with Crippen LogP contribution >= 0.6 is 0 Å². The number of likely N-dealkylation sites (tertiary alicyclic amines) is 1. The van der Waals surface area contributed by atoms with Crippen molar-refractivity contribution in [3.8, 4) is 0 Å². The Hall–Kier alpha value is -0.530. The smallest absolute Gasteiger partial charge is 0.222 e. The lowest BCUT2D eigenvalue weighted by Crippen LogP contribution is -2.66. The molecule has 2 nitrogen and oxygen atoms in total. The molecule has 3 unspecified atom stereocenters. The first kappa shape index (κ1) is 17.9. The molecule has 4 rings (SSSR count). The summed E-state index contributed by atoms with van der Waals surface area (Å²) < 4.78 is 0. The maximum atomic E-state index is 12.6. The van der Waals surface area contributed by atoms with Crippen LogP contribution in [0, 0.1) is 40.4 Å². The topological polar surface area (TPSA) is 20.3 Å². The minimum absolute atomic E-state index is 0.351. The van der Waals surface area contributed by atoms with Crippen molar-refractivity contribution in [1.29, 1.82) is 0 Å². The number of hydrogen-bond donors (Lipinski definition) is 0. The standard InChI is InChI=1S/C23H39NO/c1-6-8-16-15(2)20-17-9-7-12-22(17,3)13-10-18(20)23(4)14-11-19(25)24(5)21(16)23/h15-18,20-21H,6-14H2,1-5H3/t15?,16?,17-,18+,20-,21?,22-,23+/m0/s1. The average molecular weight is 346 g/mol. The molecular formula is C23H39NO. The van der Waals surface area contributed by atoms with Gasteiger partial charge in [0.1, 0.15) is 0 Å². The highest BCUT2D eigenvalue weighted by atomic mass is 16.2. The molecule has 2 heteroatoms. The van der Waals surface area contributed by atoms with Crippen LogP contribution in [0.15, 0.2) is 0 Å². The van der Waals surface area contributed by atoms with Crippen molar-refractivity contribution in [3.05, 3.63) is 0 Å². The van der Waals surface area contributed by atoms with Crippen LogP contribution in [0.4, 0.5) is 0 Å². The van der Waals surface area contributed by atoms with Crippen LogP contribution in [0.1, 0.15) is 85.5 Å². The third-order valence-electron chi connectivity index (χ3n) is 9.63. The highest BCUT2D eigenvalue weighted by molar-refractivity contribution is 5.77. The fourth-order valence-electron chi connectivity index (χ4n) is 8.49. The van der Waals surface area contributed by atoms with E-state index in [1.807, 2.05) is 0 Å². The van der Waals surface area contributed by atoms with E-state index in [4.69, 9.17) is 0 Å². The normalized spacial score (nSPS) is 52.5. The summed E-state index contributed by atoms with van der Waals surface area (Å²) in [5.74, 6) is 4.57. The Labute approximate surface area is 155 Å². The monoisotopic (exact) mass is 345 g/mol. The molecule has 1 heterocycles. The van der Waals surface area contributed by atoms with Gasteiger partial charge >= 0.3 is 0 Å². The molecular weight excluding hydrogens is 306 g/mol. The molecule has 3 aliphatic carbocycles. The summed E-state index contributed by atoms with van der Waals surface area (Å²) in [5, 5.41) is 0. The minimum Gasteiger partial charge on any atom is -0.342 e. The molecule has 1 saturated heterocycles. The molecule has 142 valence electrons. The summed E-state index contributed by atoms with van der Waals surface area (Å²) in [4.78, 5) is 14.8. The zero-order valence-corrected chi connectivity index (χ0v) is 17.2. The van der Waals surface area contributed by atoms with E-state index >= 15 is 0 Å². The molecule has 0 aromatic carbocycles. The van der Waals surface area contributed by atoms with Gasteiger partial charge in [0.2, 0.25) is 5.91 Å². The first-order chi connectivity index (χ1) is 11.8. The Morgan fingerprint density at radius 3 is 2.60 bits per heavy atom. The minimum atomic E-state index is 0.351. The molecule has 0 spiro atoms. The molecule has 8 atom stereocenters. The van der Waals surface area contributed by atoms with Crippen LogP contribution in [0.3, 0.4) is 0 Å². The second-order valence-corrected chi connectivity index (χ2v) is 10.6. The van der Waals surface area contributed by atoms with E-state index in [-0.39, 0.29) is 0 Å². The van der Waals surface area contributed by atoms with Gasteiger partial charge in [0.05, 0.1) is 0 Å². The third-order valence-corrected chi connectivity index (χ3v) is 9.63.